The summed E-state index contributed by atoms with van der Waals surface area (Å²) in [6.45, 7) is 9.93. The molecule has 1 rings (SSSR count). The number of nitrogens with one attached hydrogen (secondary N) is 1. The number of nitrogens with zero attached hydrogens (tertiary/aromatic N) is 2. The van der Waals surface area contributed by atoms with Gasteiger partial charge in [-0.05, 0) is 40.2 Å². The van der Waals surface area contributed by atoms with Crippen LogP contribution in [0, 0.1) is 0 Å². The molecular formula is C17H33N3S. The van der Waals surface area contributed by atoms with Gasteiger partial charge in [0.25, 0.3) is 0 Å². The summed E-state index contributed by atoms with van der Waals surface area (Å²) in [5, 5.41) is 14.6. The number of aryl methyl sites for hydroxylation is 2. The first kappa shape index (κ1) is 18.6. The van der Waals surface area contributed by atoms with Crippen LogP contribution < -0.4 is 5.32 Å². The molecule has 0 amide bonds. The number of hydrogen-bond acceptors (Lipinski definition) is 4. The first-order valence-corrected chi connectivity index (χ1v) is 9.39. The van der Waals surface area contributed by atoms with Gasteiger partial charge in [-0.3, -0.25) is 0 Å². The molecule has 1 aromatic rings. The Hall–Kier alpha value is -0.480. The quantitative estimate of drug-likeness (QED) is 0.599. The maximum Gasteiger partial charge on any atom is 0.117 e. The van der Waals surface area contributed by atoms with Gasteiger partial charge in [0.15, 0.2) is 0 Å². The molecule has 0 saturated carbocycles. The Morgan fingerprint density at radius 2 is 1.43 bits per heavy atom. The van der Waals surface area contributed by atoms with Crippen molar-refractivity contribution < 1.29 is 0 Å². The van der Waals surface area contributed by atoms with Crippen molar-refractivity contribution in [3.8, 4) is 0 Å². The Bertz CT molecular complexity index is 368. The Morgan fingerprint density at radius 1 is 0.857 bits per heavy atom. The maximum atomic E-state index is 4.33. The molecule has 1 heterocycles. The Kier molecular flexibility index (Phi) is 9.09. The molecule has 0 bridgehead atoms. The molecule has 0 atom stereocenters. The van der Waals surface area contributed by atoms with Crippen LogP contribution in [0.3, 0.4) is 0 Å². The number of hydrogen-bond donors (Lipinski definition) is 1. The van der Waals surface area contributed by atoms with Crippen molar-refractivity contribution in [2.75, 3.05) is 6.54 Å². The molecule has 0 saturated heterocycles. The zero-order valence-corrected chi connectivity index (χ0v) is 15.2. The smallest absolute Gasteiger partial charge is 0.117 e. The standard InChI is InChI=1S/C17H33N3S/c1-5-6-7-8-9-10-12-15-19-20-16(21-15)13-11-14-18-17(2,3)4/h18H,5-14H2,1-4H3. The average molecular weight is 312 g/mol. The van der Waals surface area contributed by atoms with Crippen LogP contribution in [0.15, 0.2) is 0 Å². The average Bonchev–Trinajstić information content (AvgIpc) is 2.86. The van der Waals surface area contributed by atoms with E-state index in [4.69, 9.17) is 0 Å². The molecule has 0 aliphatic heterocycles. The molecular weight excluding hydrogens is 278 g/mol. The van der Waals surface area contributed by atoms with Crippen molar-refractivity contribution in [3.05, 3.63) is 10.0 Å². The number of unbranched alkanes of at least 4 members (excludes halogenated alkanes) is 5. The van der Waals surface area contributed by atoms with Gasteiger partial charge in [-0.1, -0.05) is 39.0 Å². The molecule has 0 radical (unpaired) electrons. The first-order valence-electron chi connectivity index (χ1n) is 8.57. The second-order valence-electron chi connectivity index (χ2n) is 6.89. The molecule has 21 heavy (non-hydrogen) atoms. The van der Waals surface area contributed by atoms with E-state index in [1.165, 1.54) is 48.5 Å². The van der Waals surface area contributed by atoms with Gasteiger partial charge in [0, 0.05) is 18.4 Å². The fraction of sp³-hybridized carbons (Fsp3) is 0.882. The number of rotatable bonds is 11. The van der Waals surface area contributed by atoms with Crippen molar-refractivity contribution in [1.82, 2.24) is 15.5 Å². The lowest BCUT2D eigenvalue weighted by Crippen LogP contribution is -2.36. The molecule has 0 fully saturated rings. The highest BCUT2D eigenvalue weighted by atomic mass is 32.1. The molecule has 0 aromatic carbocycles. The maximum absolute atomic E-state index is 4.33. The van der Waals surface area contributed by atoms with E-state index in [-0.39, 0.29) is 5.54 Å². The zero-order valence-electron chi connectivity index (χ0n) is 14.4. The third kappa shape index (κ3) is 9.97. The van der Waals surface area contributed by atoms with Gasteiger partial charge < -0.3 is 5.32 Å². The third-order valence-electron chi connectivity index (χ3n) is 3.48. The van der Waals surface area contributed by atoms with Crippen molar-refractivity contribution in [3.63, 3.8) is 0 Å². The van der Waals surface area contributed by atoms with Gasteiger partial charge in [-0.15, -0.1) is 21.5 Å². The SMILES string of the molecule is CCCCCCCCc1nnc(CCCNC(C)(C)C)s1. The van der Waals surface area contributed by atoms with Gasteiger partial charge >= 0.3 is 0 Å². The summed E-state index contributed by atoms with van der Waals surface area (Å²) in [6.07, 6.45) is 11.4. The predicted molar refractivity (Wildman–Crippen MR) is 93.1 cm³/mol. The lowest BCUT2D eigenvalue weighted by molar-refractivity contribution is 0.422. The van der Waals surface area contributed by atoms with Crippen molar-refractivity contribution in [1.29, 1.82) is 0 Å². The molecule has 0 unspecified atom stereocenters. The summed E-state index contributed by atoms with van der Waals surface area (Å²) in [5.41, 5.74) is 0.212. The third-order valence-corrected chi connectivity index (χ3v) is 4.52. The Morgan fingerprint density at radius 3 is 2.05 bits per heavy atom. The highest BCUT2D eigenvalue weighted by molar-refractivity contribution is 7.11. The molecule has 1 aromatic heterocycles. The van der Waals surface area contributed by atoms with Gasteiger partial charge in [0.05, 0.1) is 0 Å². The highest BCUT2D eigenvalue weighted by Crippen LogP contribution is 2.15. The fourth-order valence-corrected chi connectivity index (χ4v) is 3.18. The summed E-state index contributed by atoms with van der Waals surface area (Å²) in [5.74, 6) is 0. The second kappa shape index (κ2) is 10.3. The van der Waals surface area contributed by atoms with E-state index in [0.29, 0.717) is 0 Å². The largest absolute Gasteiger partial charge is 0.312 e. The minimum Gasteiger partial charge on any atom is -0.312 e. The van der Waals surface area contributed by atoms with E-state index in [1.807, 2.05) is 11.3 Å². The topological polar surface area (TPSA) is 37.8 Å². The first-order chi connectivity index (χ1) is 10.0. The molecule has 122 valence electrons. The van der Waals surface area contributed by atoms with Crippen LogP contribution in [-0.2, 0) is 12.8 Å². The molecule has 1 N–H and O–H groups in total. The van der Waals surface area contributed by atoms with E-state index < -0.39 is 0 Å². The van der Waals surface area contributed by atoms with E-state index >= 15 is 0 Å². The van der Waals surface area contributed by atoms with Crippen LogP contribution in [0.1, 0.15) is 82.7 Å². The van der Waals surface area contributed by atoms with E-state index in [2.05, 4.69) is 43.2 Å². The zero-order chi connectivity index (χ0) is 15.6. The van der Waals surface area contributed by atoms with Crippen molar-refractivity contribution in [2.45, 2.75) is 91.0 Å². The lowest BCUT2D eigenvalue weighted by Gasteiger charge is -2.20. The molecule has 3 nitrogen and oxygen atoms in total. The summed E-state index contributed by atoms with van der Waals surface area (Å²) in [7, 11) is 0. The van der Waals surface area contributed by atoms with E-state index in [9.17, 15) is 0 Å². The normalized spacial score (nSPS) is 12.0. The van der Waals surface area contributed by atoms with E-state index in [0.717, 1.165) is 25.8 Å². The monoisotopic (exact) mass is 311 g/mol. The molecule has 0 aliphatic carbocycles. The van der Waals surface area contributed by atoms with Gasteiger partial charge in [-0.2, -0.15) is 0 Å². The second-order valence-corrected chi connectivity index (χ2v) is 8.03. The van der Waals surface area contributed by atoms with Crippen LogP contribution >= 0.6 is 11.3 Å². The van der Waals surface area contributed by atoms with Crippen LogP contribution in [-0.4, -0.2) is 22.3 Å². The minimum absolute atomic E-state index is 0.212. The van der Waals surface area contributed by atoms with Gasteiger partial charge in [0.2, 0.25) is 0 Å². The van der Waals surface area contributed by atoms with Crippen molar-refractivity contribution in [2.24, 2.45) is 0 Å². The van der Waals surface area contributed by atoms with Crippen LogP contribution in [0.5, 0.6) is 0 Å². The fourth-order valence-electron chi connectivity index (χ4n) is 2.25. The Labute approximate surface area is 135 Å². The predicted octanol–water partition coefficient (Wildman–Crippen LogP) is 4.76. The highest BCUT2D eigenvalue weighted by Gasteiger charge is 2.08. The minimum atomic E-state index is 0.212. The molecule has 0 spiro atoms. The van der Waals surface area contributed by atoms with Crippen LogP contribution in [0.25, 0.3) is 0 Å². The summed E-state index contributed by atoms with van der Waals surface area (Å²) in [6, 6.07) is 0. The molecule has 4 heteroatoms. The van der Waals surface area contributed by atoms with Crippen LogP contribution in [0.4, 0.5) is 0 Å². The number of aromatic nitrogens is 2. The van der Waals surface area contributed by atoms with Crippen molar-refractivity contribution >= 4 is 11.3 Å². The van der Waals surface area contributed by atoms with Crippen LogP contribution in [0.2, 0.25) is 0 Å². The summed E-state index contributed by atoms with van der Waals surface area (Å²) in [4.78, 5) is 0. The lowest BCUT2D eigenvalue weighted by atomic mass is 10.1. The molecule has 0 aliphatic rings. The van der Waals surface area contributed by atoms with E-state index in [1.54, 1.807) is 0 Å². The van der Waals surface area contributed by atoms with Gasteiger partial charge in [0.1, 0.15) is 10.0 Å². The summed E-state index contributed by atoms with van der Waals surface area (Å²) < 4.78 is 0. The Balaban J connectivity index is 2.09. The summed E-state index contributed by atoms with van der Waals surface area (Å²) >= 11 is 1.81. The van der Waals surface area contributed by atoms with Gasteiger partial charge in [-0.25, -0.2) is 0 Å².